The molecule has 118 valence electrons. The number of hydrogen-bond donors (Lipinski definition) is 1. The van der Waals surface area contributed by atoms with Gasteiger partial charge in [0.2, 0.25) is 0 Å². The van der Waals surface area contributed by atoms with Crippen LogP contribution in [0.25, 0.3) is 0 Å². The monoisotopic (exact) mass is 283 g/mol. The molecule has 2 heterocycles. The van der Waals surface area contributed by atoms with Gasteiger partial charge in [-0.3, -0.25) is 4.90 Å². The second kappa shape index (κ2) is 6.73. The van der Waals surface area contributed by atoms with Crippen LogP contribution in [0.4, 0.5) is 0 Å². The number of methoxy groups -OCH3 is 1. The highest BCUT2D eigenvalue weighted by molar-refractivity contribution is 4.90. The highest BCUT2D eigenvalue weighted by Gasteiger charge is 2.35. The number of ether oxygens (including phenoxy) is 1. The van der Waals surface area contributed by atoms with Crippen LogP contribution in [-0.2, 0) is 4.74 Å². The third-order valence-electron chi connectivity index (χ3n) is 4.99. The standard InChI is InChI=1S/C16H33N3O/c1-15(2,3)19-11-9-18(10-12-19)13-16(14-20-4)5-7-17-8-6-16/h17H,5-14H2,1-4H3. The van der Waals surface area contributed by atoms with Crippen molar-refractivity contribution < 1.29 is 4.74 Å². The molecule has 2 aliphatic rings. The van der Waals surface area contributed by atoms with E-state index in [0.29, 0.717) is 11.0 Å². The molecular formula is C16H33N3O. The minimum absolute atomic E-state index is 0.311. The Bertz CT molecular complexity index is 281. The maximum Gasteiger partial charge on any atom is 0.0531 e. The maximum absolute atomic E-state index is 5.54. The molecule has 0 aliphatic carbocycles. The van der Waals surface area contributed by atoms with Crippen LogP contribution in [0.15, 0.2) is 0 Å². The SMILES string of the molecule is COCC1(CN2CCN(C(C)(C)C)CC2)CCNCC1. The van der Waals surface area contributed by atoms with E-state index >= 15 is 0 Å². The molecule has 0 spiro atoms. The molecule has 4 nitrogen and oxygen atoms in total. The lowest BCUT2D eigenvalue weighted by Gasteiger charge is -2.46. The molecule has 0 atom stereocenters. The van der Waals surface area contributed by atoms with Gasteiger partial charge in [-0.25, -0.2) is 0 Å². The molecule has 1 N–H and O–H groups in total. The molecular weight excluding hydrogens is 250 g/mol. The minimum atomic E-state index is 0.311. The Morgan fingerprint density at radius 1 is 1.05 bits per heavy atom. The third kappa shape index (κ3) is 4.17. The Balaban J connectivity index is 1.86. The van der Waals surface area contributed by atoms with Gasteiger partial charge < -0.3 is 15.0 Å². The Kier molecular flexibility index (Phi) is 5.46. The van der Waals surface area contributed by atoms with Gasteiger partial charge in [0, 0.05) is 50.8 Å². The lowest BCUT2D eigenvalue weighted by molar-refractivity contribution is -0.00392. The molecule has 20 heavy (non-hydrogen) atoms. The van der Waals surface area contributed by atoms with E-state index in [1.165, 1.54) is 45.6 Å². The maximum atomic E-state index is 5.54. The van der Waals surface area contributed by atoms with Crippen LogP contribution in [0.3, 0.4) is 0 Å². The first-order valence-corrected chi connectivity index (χ1v) is 8.12. The van der Waals surface area contributed by atoms with Crippen molar-refractivity contribution in [2.24, 2.45) is 5.41 Å². The summed E-state index contributed by atoms with van der Waals surface area (Å²) in [6, 6.07) is 0. The molecule has 2 aliphatic heterocycles. The van der Waals surface area contributed by atoms with Crippen molar-refractivity contribution in [3.63, 3.8) is 0 Å². The van der Waals surface area contributed by atoms with Crippen molar-refractivity contribution in [1.29, 1.82) is 0 Å². The van der Waals surface area contributed by atoms with E-state index in [9.17, 15) is 0 Å². The van der Waals surface area contributed by atoms with Gasteiger partial charge in [0.25, 0.3) is 0 Å². The van der Waals surface area contributed by atoms with Crippen molar-refractivity contribution in [2.75, 3.05) is 59.5 Å². The largest absolute Gasteiger partial charge is 0.384 e. The fraction of sp³-hybridized carbons (Fsp3) is 1.00. The van der Waals surface area contributed by atoms with Crippen LogP contribution in [0, 0.1) is 5.41 Å². The Morgan fingerprint density at radius 2 is 1.65 bits per heavy atom. The van der Waals surface area contributed by atoms with E-state index in [1.54, 1.807) is 0 Å². The highest BCUT2D eigenvalue weighted by atomic mass is 16.5. The molecule has 0 radical (unpaired) electrons. The van der Waals surface area contributed by atoms with Gasteiger partial charge in [-0.1, -0.05) is 0 Å². The summed E-state index contributed by atoms with van der Waals surface area (Å²) in [7, 11) is 1.85. The summed E-state index contributed by atoms with van der Waals surface area (Å²) in [5.41, 5.74) is 0.689. The van der Waals surface area contributed by atoms with Crippen LogP contribution >= 0.6 is 0 Å². The summed E-state index contributed by atoms with van der Waals surface area (Å²) in [5, 5.41) is 3.48. The summed E-state index contributed by atoms with van der Waals surface area (Å²) in [6.45, 7) is 16.2. The Labute approximate surface area is 124 Å². The van der Waals surface area contributed by atoms with Crippen LogP contribution < -0.4 is 5.32 Å². The molecule has 0 aromatic heterocycles. The van der Waals surface area contributed by atoms with E-state index in [4.69, 9.17) is 4.74 Å². The molecule has 0 saturated carbocycles. The van der Waals surface area contributed by atoms with Gasteiger partial charge in [0.15, 0.2) is 0 Å². The van der Waals surface area contributed by atoms with E-state index in [0.717, 1.165) is 19.7 Å². The van der Waals surface area contributed by atoms with Crippen LogP contribution in [0.5, 0.6) is 0 Å². The molecule has 2 rings (SSSR count). The van der Waals surface area contributed by atoms with Gasteiger partial charge in [0.1, 0.15) is 0 Å². The molecule has 2 fully saturated rings. The summed E-state index contributed by atoms with van der Waals surface area (Å²) in [5.74, 6) is 0. The molecule has 2 saturated heterocycles. The van der Waals surface area contributed by atoms with Gasteiger partial charge in [-0.05, 0) is 46.7 Å². The second-order valence-electron chi connectivity index (χ2n) is 7.62. The van der Waals surface area contributed by atoms with Gasteiger partial charge >= 0.3 is 0 Å². The molecule has 0 unspecified atom stereocenters. The Morgan fingerprint density at radius 3 is 2.15 bits per heavy atom. The lowest BCUT2D eigenvalue weighted by Crippen LogP contribution is -2.56. The Hall–Kier alpha value is -0.160. The van der Waals surface area contributed by atoms with Gasteiger partial charge in [-0.15, -0.1) is 0 Å². The van der Waals surface area contributed by atoms with E-state index in [-0.39, 0.29) is 0 Å². The second-order valence-corrected chi connectivity index (χ2v) is 7.62. The summed E-state index contributed by atoms with van der Waals surface area (Å²) < 4.78 is 5.54. The van der Waals surface area contributed by atoms with E-state index in [1.807, 2.05) is 7.11 Å². The van der Waals surface area contributed by atoms with E-state index < -0.39 is 0 Å². The molecule has 0 bridgehead atoms. The normalized spacial score (nSPS) is 25.8. The summed E-state index contributed by atoms with van der Waals surface area (Å²) in [6.07, 6.45) is 2.50. The fourth-order valence-corrected chi connectivity index (χ4v) is 3.66. The quantitative estimate of drug-likeness (QED) is 0.844. The van der Waals surface area contributed by atoms with Crippen LogP contribution in [-0.4, -0.2) is 74.9 Å². The summed E-state index contributed by atoms with van der Waals surface area (Å²) in [4.78, 5) is 5.27. The van der Waals surface area contributed by atoms with Crippen molar-refractivity contribution in [3.8, 4) is 0 Å². The van der Waals surface area contributed by atoms with Crippen LogP contribution in [0.1, 0.15) is 33.6 Å². The molecule has 4 heteroatoms. The first-order chi connectivity index (χ1) is 9.45. The fourth-order valence-electron chi connectivity index (χ4n) is 3.66. The van der Waals surface area contributed by atoms with Crippen molar-refractivity contribution in [1.82, 2.24) is 15.1 Å². The van der Waals surface area contributed by atoms with E-state index in [2.05, 4.69) is 35.9 Å². The van der Waals surface area contributed by atoms with Gasteiger partial charge in [0.05, 0.1) is 6.61 Å². The van der Waals surface area contributed by atoms with Crippen molar-refractivity contribution in [2.45, 2.75) is 39.2 Å². The zero-order valence-corrected chi connectivity index (χ0v) is 13.9. The average Bonchev–Trinajstić information content (AvgIpc) is 2.39. The number of hydrogen-bond acceptors (Lipinski definition) is 4. The predicted molar refractivity (Wildman–Crippen MR) is 84.2 cm³/mol. The van der Waals surface area contributed by atoms with Crippen molar-refractivity contribution >= 4 is 0 Å². The highest BCUT2D eigenvalue weighted by Crippen LogP contribution is 2.31. The average molecular weight is 283 g/mol. The molecule has 0 aromatic carbocycles. The first kappa shape index (κ1) is 16.2. The number of nitrogens with one attached hydrogen (secondary N) is 1. The number of piperidine rings is 1. The minimum Gasteiger partial charge on any atom is -0.384 e. The number of nitrogens with zero attached hydrogens (tertiary/aromatic N) is 2. The first-order valence-electron chi connectivity index (χ1n) is 8.12. The zero-order chi connectivity index (χ0) is 14.6. The van der Waals surface area contributed by atoms with Crippen molar-refractivity contribution in [3.05, 3.63) is 0 Å². The third-order valence-corrected chi connectivity index (χ3v) is 4.99. The van der Waals surface area contributed by atoms with Crippen LogP contribution in [0.2, 0.25) is 0 Å². The topological polar surface area (TPSA) is 27.7 Å². The lowest BCUT2D eigenvalue weighted by atomic mass is 9.79. The molecule has 0 aromatic rings. The molecule has 0 amide bonds. The number of piperazine rings is 1. The number of rotatable bonds is 4. The smallest absolute Gasteiger partial charge is 0.0531 e. The van der Waals surface area contributed by atoms with Gasteiger partial charge in [-0.2, -0.15) is 0 Å². The zero-order valence-electron chi connectivity index (χ0n) is 13.9. The predicted octanol–water partition coefficient (Wildman–Crippen LogP) is 1.42. The summed E-state index contributed by atoms with van der Waals surface area (Å²) >= 11 is 0.